The summed E-state index contributed by atoms with van der Waals surface area (Å²) < 4.78 is 37.2. The Morgan fingerprint density at radius 1 is 1.29 bits per heavy atom. The number of nitrogens with one attached hydrogen (secondary N) is 4. The summed E-state index contributed by atoms with van der Waals surface area (Å²) in [6, 6.07) is 3.04. The Morgan fingerprint density at radius 2 is 2.15 bits per heavy atom. The molecule has 1 aromatic carbocycles. The van der Waals surface area contributed by atoms with E-state index in [1.165, 1.54) is 18.6 Å². The summed E-state index contributed by atoms with van der Waals surface area (Å²) in [4.78, 5) is 24.7. The fraction of sp³-hybridized carbons (Fsp3) is 0.364. The molecule has 4 aromatic rings. The number of amides is 1. The molecule has 12 heteroatoms. The molecule has 0 fully saturated rings. The predicted molar refractivity (Wildman–Crippen MR) is 126 cm³/mol. The largest absolute Gasteiger partial charge is 0.356 e. The zero-order valence-corrected chi connectivity index (χ0v) is 19.3. The molecule has 3 heterocycles. The van der Waals surface area contributed by atoms with Crippen molar-refractivity contribution in [3.63, 3.8) is 0 Å². The molecule has 10 nitrogen and oxygen atoms in total. The summed E-state index contributed by atoms with van der Waals surface area (Å²) in [6.07, 6.45) is 6.41. The Labute approximate surface area is 194 Å². The lowest BCUT2D eigenvalue weighted by Crippen LogP contribution is -2.35. The number of hydrogen-bond acceptors (Lipinski definition) is 7. The van der Waals surface area contributed by atoms with Gasteiger partial charge in [-0.1, -0.05) is 0 Å². The molecule has 0 spiro atoms. The monoisotopic (exact) mass is 485 g/mol. The molecule has 0 saturated carbocycles. The minimum atomic E-state index is -3.05. The van der Waals surface area contributed by atoms with E-state index in [1.54, 1.807) is 12.3 Å². The van der Waals surface area contributed by atoms with Gasteiger partial charge in [-0.25, -0.2) is 22.8 Å². The molecule has 0 saturated heterocycles. The first kappa shape index (κ1) is 22.3. The van der Waals surface area contributed by atoms with E-state index in [0.717, 1.165) is 22.0 Å². The maximum absolute atomic E-state index is 14.7. The molecule has 1 amide bonds. The van der Waals surface area contributed by atoms with Crippen LogP contribution in [0.1, 0.15) is 24.1 Å². The number of fused-ring (bicyclic) bond motifs is 4. The molecule has 1 atom stereocenters. The Hall–Kier alpha value is -3.54. The number of aryl methyl sites for hydroxylation is 1. The van der Waals surface area contributed by atoms with E-state index in [-0.39, 0.29) is 23.3 Å². The third kappa shape index (κ3) is 4.45. The van der Waals surface area contributed by atoms with Gasteiger partial charge in [-0.05, 0) is 37.3 Å². The van der Waals surface area contributed by atoms with Crippen molar-refractivity contribution in [1.82, 2.24) is 30.5 Å². The van der Waals surface area contributed by atoms with Gasteiger partial charge in [0.1, 0.15) is 33.4 Å². The normalized spacial score (nSPS) is 16.0. The number of hydrogen-bond donors (Lipinski definition) is 4. The van der Waals surface area contributed by atoms with E-state index >= 15 is 0 Å². The molecule has 1 aliphatic rings. The molecule has 3 aromatic heterocycles. The van der Waals surface area contributed by atoms with Gasteiger partial charge in [0.2, 0.25) is 5.91 Å². The molecule has 0 aliphatic heterocycles. The first-order chi connectivity index (χ1) is 16.3. The van der Waals surface area contributed by atoms with E-state index in [4.69, 9.17) is 0 Å². The van der Waals surface area contributed by atoms with Crippen molar-refractivity contribution in [2.75, 3.05) is 23.9 Å². The van der Waals surface area contributed by atoms with Crippen LogP contribution >= 0.6 is 0 Å². The average Bonchev–Trinajstić information content (AvgIpc) is 3.39. The van der Waals surface area contributed by atoms with Gasteiger partial charge in [-0.15, -0.1) is 0 Å². The number of nitrogens with zero attached hydrogens (tertiary/aromatic N) is 3. The zero-order chi connectivity index (χ0) is 23.9. The van der Waals surface area contributed by atoms with Gasteiger partial charge < -0.3 is 15.6 Å². The second-order valence-electron chi connectivity index (χ2n) is 8.66. The van der Waals surface area contributed by atoms with E-state index in [2.05, 4.69) is 35.8 Å². The fourth-order valence-corrected chi connectivity index (χ4v) is 5.11. The van der Waals surface area contributed by atoms with Crippen molar-refractivity contribution >= 4 is 49.2 Å². The number of aromatic nitrogens is 5. The molecule has 5 rings (SSSR count). The molecule has 34 heavy (non-hydrogen) atoms. The third-order valence-electron chi connectivity index (χ3n) is 6.12. The third-order valence-corrected chi connectivity index (χ3v) is 7.15. The highest BCUT2D eigenvalue weighted by molar-refractivity contribution is 7.90. The number of sulfone groups is 1. The van der Waals surface area contributed by atoms with Crippen LogP contribution in [-0.2, 0) is 27.5 Å². The van der Waals surface area contributed by atoms with Gasteiger partial charge in [0, 0.05) is 35.9 Å². The number of carbonyl (C=O) groups excluding carboxylic acids is 1. The van der Waals surface area contributed by atoms with Crippen LogP contribution in [0, 0.1) is 11.7 Å². The number of aromatic amines is 2. The van der Waals surface area contributed by atoms with E-state index in [0.29, 0.717) is 49.2 Å². The number of rotatable bonds is 7. The maximum Gasteiger partial charge on any atom is 0.223 e. The highest BCUT2D eigenvalue weighted by atomic mass is 32.2. The van der Waals surface area contributed by atoms with Crippen molar-refractivity contribution in [2.45, 2.75) is 25.7 Å². The fourth-order valence-electron chi connectivity index (χ4n) is 4.44. The summed E-state index contributed by atoms with van der Waals surface area (Å²) in [6.45, 7) is 0.314. The van der Waals surface area contributed by atoms with Gasteiger partial charge in [0.15, 0.2) is 0 Å². The SMILES string of the molecule is CS(=O)(=O)CCCNC(=O)C1CCc2[nH]c3ncnc(Nc4cc5cn[nH]c5cc4F)c3c2C1. The number of carbonyl (C=O) groups is 1. The molecular weight excluding hydrogens is 461 g/mol. The van der Waals surface area contributed by atoms with Crippen molar-refractivity contribution in [1.29, 1.82) is 0 Å². The van der Waals surface area contributed by atoms with Crippen LogP contribution in [0.3, 0.4) is 0 Å². The second-order valence-corrected chi connectivity index (χ2v) is 10.9. The summed E-state index contributed by atoms with van der Waals surface area (Å²) in [5.41, 5.74) is 3.41. The van der Waals surface area contributed by atoms with Crippen molar-refractivity contribution < 1.29 is 17.6 Å². The van der Waals surface area contributed by atoms with Gasteiger partial charge in [-0.3, -0.25) is 9.89 Å². The van der Waals surface area contributed by atoms with Crippen LogP contribution < -0.4 is 10.6 Å². The summed E-state index contributed by atoms with van der Waals surface area (Å²) in [5, 5.41) is 14.1. The van der Waals surface area contributed by atoms with Crippen LogP contribution in [0.4, 0.5) is 15.9 Å². The Morgan fingerprint density at radius 3 is 2.97 bits per heavy atom. The van der Waals surface area contributed by atoms with Gasteiger partial charge in [0.25, 0.3) is 0 Å². The quantitative estimate of drug-likeness (QED) is 0.294. The molecule has 1 unspecified atom stereocenters. The summed E-state index contributed by atoms with van der Waals surface area (Å²) in [7, 11) is -3.05. The van der Waals surface area contributed by atoms with E-state index in [9.17, 15) is 17.6 Å². The van der Waals surface area contributed by atoms with Crippen LogP contribution in [0.5, 0.6) is 0 Å². The Balaban J connectivity index is 1.38. The van der Waals surface area contributed by atoms with Crippen molar-refractivity contribution in [3.8, 4) is 0 Å². The lowest BCUT2D eigenvalue weighted by molar-refractivity contribution is -0.125. The lowest BCUT2D eigenvalue weighted by Gasteiger charge is -2.22. The highest BCUT2D eigenvalue weighted by Crippen LogP contribution is 2.36. The van der Waals surface area contributed by atoms with E-state index < -0.39 is 15.7 Å². The number of H-pyrrole nitrogens is 2. The van der Waals surface area contributed by atoms with Crippen molar-refractivity contribution in [3.05, 3.63) is 41.7 Å². The topological polar surface area (TPSA) is 146 Å². The number of anilines is 2. The van der Waals surface area contributed by atoms with Crippen LogP contribution in [0.25, 0.3) is 21.9 Å². The first-order valence-corrected chi connectivity index (χ1v) is 13.0. The molecular formula is C22H24FN7O3S. The average molecular weight is 486 g/mol. The smallest absolute Gasteiger partial charge is 0.223 e. The molecule has 0 radical (unpaired) electrons. The molecule has 1 aliphatic carbocycles. The lowest BCUT2D eigenvalue weighted by atomic mass is 9.86. The van der Waals surface area contributed by atoms with Crippen LogP contribution in [-0.4, -0.2) is 58.0 Å². The maximum atomic E-state index is 14.7. The predicted octanol–water partition coefficient (Wildman–Crippen LogP) is 2.37. The molecule has 0 bridgehead atoms. The first-order valence-electron chi connectivity index (χ1n) is 11.0. The van der Waals surface area contributed by atoms with Crippen LogP contribution in [0.2, 0.25) is 0 Å². The van der Waals surface area contributed by atoms with E-state index in [1.807, 2.05) is 0 Å². The van der Waals surface area contributed by atoms with Crippen molar-refractivity contribution in [2.24, 2.45) is 5.92 Å². The summed E-state index contributed by atoms with van der Waals surface area (Å²) >= 11 is 0. The zero-order valence-electron chi connectivity index (χ0n) is 18.5. The summed E-state index contributed by atoms with van der Waals surface area (Å²) in [5.74, 6) is -0.302. The minimum Gasteiger partial charge on any atom is -0.356 e. The highest BCUT2D eigenvalue weighted by Gasteiger charge is 2.29. The Bertz CT molecular complexity index is 1500. The van der Waals surface area contributed by atoms with Gasteiger partial charge in [0.05, 0.1) is 28.5 Å². The standard InChI is InChI=1S/C22H24FN7O3S/c1-34(32,33)6-2-5-24-22(31)12-3-4-16-14(7-12)19-20(28-16)25-11-26-21(19)29-18-8-13-10-27-30-17(13)9-15(18)23/h8-12H,2-7H2,1H3,(H,24,31)(H,27,30)(H2,25,26,28,29). The Kier molecular flexibility index (Phi) is 5.68. The molecule has 178 valence electrons. The van der Waals surface area contributed by atoms with Gasteiger partial charge in [-0.2, -0.15) is 5.10 Å². The number of halogens is 1. The van der Waals surface area contributed by atoms with Gasteiger partial charge >= 0.3 is 0 Å². The minimum absolute atomic E-state index is 0.0398. The molecule has 4 N–H and O–H groups in total. The second kappa shape index (κ2) is 8.67. The number of benzene rings is 1. The van der Waals surface area contributed by atoms with Crippen LogP contribution in [0.15, 0.2) is 24.7 Å².